The number of hydrogen-bond acceptors (Lipinski definition) is 3. The van der Waals surface area contributed by atoms with E-state index in [1.165, 1.54) is 0 Å². The number of carbonyl (C=O) groups is 2. The first kappa shape index (κ1) is 18.3. The number of anilines is 2. The molecule has 0 aliphatic heterocycles. The molecule has 1 heterocycles. The third-order valence-corrected chi connectivity index (χ3v) is 5.05. The summed E-state index contributed by atoms with van der Waals surface area (Å²) >= 11 is 6.10. The number of nitrogens with zero attached hydrogens (tertiary/aromatic N) is 2. The van der Waals surface area contributed by atoms with Crippen molar-refractivity contribution in [2.24, 2.45) is 5.92 Å². The number of hydrogen-bond donors (Lipinski definition) is 2. The van der Waals surface area contributed by atoms with Gasteiger partial charge in [-0.2, -0.15) is 0 Å². The molecule has 1 aromatic heterocycles. The molecule has 28 heavy (non-hydrogen) atoms. The van der Waals surface area contributed by atoms with Crippen molar-refractivity contribution in [2.75, 3.05) is 10.6 Å². The standard InChI is InChI=1S/C21H19ClN4O2/c1-13-2-7-16(10-18(13)22)24-20(27)15-5-8-17(9-6-15)26-11-19(23-12-26)25-21(28)14-3-4-14/h2,5-12,14H,3-4H2,1H3,(H,24,27)(H,25,28). The summed E-state index contributed by atoms with van der Waals surface area (Å²) in [5.41, 5.74) is 2.98. The average molecular weight is 395 g/mol. The third kappa shape index (κ3) is 4.07. The highest BCUT2D eigenvalue weighted by atomic mass is 35.5. The van der Waals surface area contributed by atoms with Gasteiger partial charge in [0.15, 0.2) is 5.82 Å². The smallest absolute Gasteiger partial charge is 0.255 e. The number of nitrogens with one attached hydrogen (secondary N) is 2. The van der Waals surface area contributed by atoms with E-state index >= 15 is 0 Å². The second-order valence-corrected chi connectivity index (χ2v) is 7.30. The lowest BCUT2D eigenvalue weighted by atomic mass is 10.1. The van der Waals surface area contributed by atoms with Crippen molar-refractivity contribution in [1.82, 2.24) is 9.55 Å². The van der Waals surface area contributed by atoms with Crippen molar-refractivity contribution in [2.45, 2.75) is 19.8 Å². The molecule has 4 rings (SSSR count). The molecule has 1 saturated carbocycles. The molecule has 1 fully saturated rings. The Kier molecular flexibility index (Phi) is 4.88. The molecule has 0 radical (unpaired) electrons. The molecule has 2 amide bonds. The molecule has 0 atom stereocenters. The maximum atomic E-state index is 12.4. The molecule has 7 heteroatoms. The number of rotatable bonds is 5. The van der Waals surface area contributed by atoms with Crippen LogP contribution in [0.15, 0.2) is 55.0 Å². The Bertz CT molecular complexity index is 1040. The Labute approximate surface area is 167 Å². The number of benzene rings is 2. The van der Waals surface area contributed by atoms with E-state index in [9.17, 15) is 9.59 Å². The van der Waals surface area contributed by atoms with Crippen LogP contribution in [0.1, 0.15) is 28.8 Å². The third-order valence-electron chi connectivity index (χ3n) is 4.64. The zero-order valence-corrected chi connectivity index (χ0v) is 16.0. The second kappa shape index (κ2) is 7.48. The van der Waals surface area contributed by atoms with Crippen LogP contribution in [0.4, 0.5) is 11.5 Å². The maximum absolute atomic E-state index is 12.4. The van der Waals surface area contributed by atoms with Gasteiger partial charge in [-0.25, -0.2) is 4.98 Å². The van der Waals surface area contributed by atoms with Crippen molar-refractivity contribution < 1.29 is 9.59 Å². The van der Waals surface area contributed by atoms with Crippen LogP contribution in [0.25, 0.3) is 5.69 Å². The van der Waals surface area contributed by atoms with Gasteiger partial charge in [0.05, 0.1) is 6.20 Å². The van der Waals surface area contributed by atoms with Crippen molar-refractivity contribution in [3.05, 3.63) is 71.1 Å². The quantitative estimate of drug-likeness (QED) is 0.671. The van der Waals surface area contributed by atoms with Crippen LogP contribution in [0.5, 0.6) is 0 Å². The Balaban J connectivity index is 1.43. The lowest BCUT2D eigenvalue weighted by molar-refractivity contribution is -0.117. The van der Waals surface area contributed by atoms with E-state index in [0.29, 0.717) is 22.1 Å². The zero-order chi connectivity index (χ0) is 19.7. The molecular formula is C21H19ClN4O2. The minimum Gasteiger partial charge on any atom is -0.322 e. The lowest BCUT2D eigenvalue weighted by Crippen LogP contribution is -2.13. The highest BCUT2D eigenvalue weighted by Crippen LogP contribution is 2.30. The molecule has 0 saturated heterocycles. The van der Waals surface area contributed by atoms with Gasteiger partial charge in [-0.3, -0.25) is 9.59 Å². The molecule has 1 aliphatic rings. The Morgan fingerprint density at radius 2 is 1.86 bits per heavy atom. The summed E-state index contributed by atoms with van der Waals surface area (Å²) in [6, 6.07) is 12.5. The van der Waals surface area contributed by atoms with Gasteiger partial charge < -0.3 is 15.2 Å². The van der Waals surface area contributed by atoms with Crippen LogP contribution in [0.2, 0.25) is 5.02 Å². The summed E-state index contributed by atoms with van der Waals surface area (Å²) in [5.74, 6) is 0.462. The van der Waals surface area contributed by atoms with Gasteiger partial charge in [0.1, 0.15) is 6.33 Å². The van der Waals surface area contributed by atoms with Crippen molar-refractivity contribution in [3.63, 3.8) is 0 Å². The van der Waals surface area contributed by atoms with Crippen LogP contribution in [0.3, 0.4) is 0 Å². The van der Waals surface area contributed by atoms with E-state index in [-0.39, 0.29) is 17.7 Å². The minimum absolute atomic E-state index is 0.0217. The van der Waals surface area contributed by atoms with Crippen molar-refractivity contribution >= 4 is 34.9 Å². The van der Waals surface area contributed by atoms with Crippen molar-refractivity contribution in [3.8, 4) is 5.69 Å². The molecule has 0 bridgehead atoms. The van der Waals surface area contributed by atoms with Gasteiger partial charge in [-0.1, -0.05) is 17.7 Å². The first-order valence-electron chi connectivity index (χ1n) is 9.02. The van der Waals surface area contributed by atoms with Gasteiger partial charge in [0, 0.05) is 27.9 Å². The fourth-order valence-corrected chi connectivity index (χ4v) is 2.94. The summed E-state index contributed by atoms with van der Waals surface area (Å²) in [6.45, 7) is 1.91. The van der Waals surface area contributed by atoms with Crippen molar-refractivity contribution in [1.29, 1.82) is 0 Å². The largest absolute Gasteiger partial charge is 0.322 e. The second-order valence-electron chi connectivity index (χ2n) is 6.89. The van der Waals surface area contributed by atoms with Gasteiger partial charge in [-0.05, 0) is 61.7 Å². The van der Waals surface area contributed by atoms with Gasteiger partial charge in [0.2, 0.25) is 5.91 Å². The topological polar surface area (TPSA) is 76.0 Å². The number of halogens is 1. The fourth-order valence-electron chi connectivity index (χ4n) is 2.76. The summed E-state index contributed by atoms with van der Waals surface area (Å²) in [6.07, 6.45) is 5.28. The van der Waals surface area contributed by atoms with Crippen LogP contribution < -0.4 is 10.6 Å². The summed E-state index contributed by atoms with van der Waals surface area (Å²) < 4.78 is 1.80. The van der Waals surface area contributed by atoms with Crippen LogP contribution in [-0.4, -0.2) is 21.4 Å². The molecule has 3 aromatic rings. The van der Waals surface area contributed by atoms with Gasteiger partial charge >= 0.3 is 0 Å². The minimum atomic E-state index is -0.213. The monoisotopic (exact) mass is 394 g/mol. The highest BCUT2D eigenvalue weighted by Gasteiger charge is 2.29. The van der Waals surface area contributed by atoms with E-state index in [1.807, 2.05) is 31.2 Å². The van der Waals surface area contributed by atoms with Crippen LogP contribution in [0, 0.1) is 12.8 Å². The lowest BCUT2D eigenvalue weighted by Gasteiger charge is -2.08. The summed E-state index contributed by atoms with van der Waals surface area (Å²) in [7, 11) is 0. The molecule has 0 spiro atoms. The molecular weight excluding hydrogens is 376 g/mol. The SMILES string of the molecule is Cc1ccc(NC(=O)c2ccc(-n3cnc(NC(=O)C4CC4)c3)cc2)cc1Cl. The summed E-state index contributed by atoms with van der Waals surface area (Å²) in [4.78, 5) is 28.5. The van der Waals surface area contributed by atoms with Crippen LogP contribution >= 0.6 is 11.6 Å². The van der Waals surface area contributed by atoms with E-state index in [4.69, 9.17) is 11.6 Å². The molecule has 0 unspecified atom stereocenters. The number of imidazole rings is 1. The number of amides is 2. The van der Waals surface area contributed by atoms with Gasteiger partial charge in [-0.15, -0.1) is 0 Å². The van der Waals surface area contributed by atoms with Gasteiger partial charge in [0.25, 0.3) is 5.91 Å². The van der Waals surface area contributed by atoms with E-state index in [2.05, 4.69) is 15.6 Å². The Hall–Kier alpha value is -3.12. The zero-order valence-electron chi connectivity index (χ0n) is 15.3. The maximum Gasteiger partial charge on any atom is 0.255 e. The first-order valence-corrected chi connectivity index (χ1v) is 9.40. The molecule has 6 nitrogen and oxygen atoms in total. The van der Waals surface area contributed by atoms with E-state index in [1.54, 1.807) is 35.3 Å². The Morgan fingerprint density at radius 3 is 2.54 bits per heavy atom. The average Bonchev–Trinajstić information content (AvgIpc) is 3.45. The molecule has 2 N–H and O–H groups in total. The van der Waals surface area contributed by atoms with Crippen LogP contribution in [-0.2, 0) is 4.79 Å². The predicted molar refractivity (Wildman–Crippen MR) is 109 cm³/mol. The normalized spacial score (nSPS) is 13.2. The first-order chi connectivity index (χ1) is 13.5. The highest BCUT2D eigenvalue weighted by molar-refractivity contribution is 6.31. The number of aryl methyl sites for hydroxylation is 1. The fraction of sp³-hybridized carbons (Fsp3) is 0.190. The number of carbonyl (C=O) groups excluding carboxylic acids is 2. The predicted octanol–water partition coefficient (Wildman–Crippen LogP) is 4.43. The molecule has 2 aromatic carbocycles. The molecule has 142 valence electrons. The van der Waals surface area contributed by atoms with E-state index in [0.717, 1.165) is 24.1 Å². The molecule has 1 aliphatic carbocycles. The number of aromatic nitrogens is 2. The Morgan fingerprint density at radius 1 is 1.11 bits per heavy atom. The van der Waals surface area contributed by atoms with E-state index < -0.39 is 0 Å². The summed E-state index contributed by atoms with van der Waals surface area (Å²) in [5, 5.41) is 6.26.